The molecule has 4 heterocycles. The number of nitrogens with zero attached hydrogens (tertiary/aromatic N) is 5. The van der Waals surface area contributed by atoms with E-state index in [1.165, 1.54) is 13.2 Å². The zero-order valence-corrected chi connectivity index (χ0v) is 23.7. The predicted octanol–water partition coefficient (Wildman–Crippen LogP) is 1.57. The van der Waals surface area contributed by atoms with Crippen LogP contribution >= 0.6 is 0 Å². The summed E-state index contributed by atoms with van der Waals surface area (Å²) in [6, 6.07) is 9.27. The molecule has 6 rings (SSSR count). The highest BCUT2D eigenvalue weighted by Gasteiger charge is 2.40. The minimum Gasteiger partial charge on any atom is -0.494 e. The lowest BCUT2D eigenvalue weighted by atomic mass is 10.1. The number of β-amino-alcohol motifs (C(OH)–C–C–N with tert-alkyl or cyclic N) is 1. The number of anilines is 2. The van der Waals surface area contributed by atoms with E-state index in [9.17, 15) is 24.2 Å². The second kappa shape index (κ2) is 11.6. The maximum atomic E-state index is 14.6. The smallest absolute Gasteiger partial charge is 0.254 e. The van der Waals surface area contributed by atoms with Crippen LogP contribution < -0.4 is 15.4 Å². The summed E-state index contributed by atoms with van der Waals surface area (Å²) in [7, 11) is 1.41. The summed E-state index contributed by atoms with van der Waals surface area (Å²) in [4.78, 5) is 38.4. The van der Waals surface area contributed by atoms with E-state index < -0.39 is 24.1 Å². The van der Waals surface area contributed by atoms with E-state index in [-0.39, 0.29) is 24.1 Å². The lowest BCUT2D eigenvalue weighted by Gasteiger charge is -2.36. The quantitative estimate of drug-likeness (QED) is 0.263. The van der Waals surface area contributed by atoms with Crippen LogP contribution in [0.2, 0.25) is 0 Å². The van der Waals surface area contributed by atoms with Gasteiger partial charge in [0.15, 0.2) is 23.0 Å². The van der Waals surface area contributed by atoms with Gasteiger partial charge in [0.05, 0.1) is 25.1 Å². The Kier molecular flexibility index (Phi) is 7.69. The summed E-state index contributed by atoms with van der Waals surface area (Å²) in [5.74, 6) is -0.278. The van der Waals surface area contributed by atoms with Crippen molar-refractivity contribution in [1.29, 1.82) is 0 Å². The number of aryl methyl sites for hydroxylation is 1. The van der Waals surface area contributed by atoms with Crippen molar-refractivity contribution in [2.24, 2.45) is 0 Å². The number of aliphatic hydroxyl groups excluding tert-OH is 2. The third kappa shape index (κ3) is 5.38. The number of halogens is 1. The SMILES string of the molecule is COc1ccc(-c2c(Nc3ccc(C(=O)N4CCN(C(=O)[C@H]5NC[C@H](O)[C@@H]5O)CC4)c(C)c3)nc3cnccn23)cc1F. The number of carbonyl (C=O) groups excluding carboxylic acids is 2. The Labute approximate surface area is 246 Å². The molecular formula is C30H32FN7O5. The topological polar surface area (TPSA) is 145 Å². The van der Waals surface area contributed by atoms with Crippen LogP contribution in [0.25, 0.3) is 16.9 Å². The number of imidazole rings is 1. The van der Waals surface area contributed by atoms with E-state index in [1.807, 2.05) is 17.4 Å². The van der Waals surface area contributed by atoms with Crippen LogP contribution in [0.5, 0.6) is 5.75 Å². The number of benzene rings is 2. The molecule has 2 aliphatic heterocycles. The number of fused-ring (bicyclic) bond motifs is 1. The molecule has 3 atom stereocenters. The molecule has 2 fully saturated rings. The van der Waals surface area contributed by atoms with E-state index in [0.29, 0.717) is 60.2 Å². The van der Waals surface area contributed by atoms with Crippen LogP contribution in [0.3, 0.4) is 0 Å². The number of amides is 2. The molecule has 2 aromatic carbocycles. The van der Waals surface area contributed by atoms with Crippen molar-refractivity contribution in [3.8, 4) is 17.0 Å². The number of nitrogens with one attached hydrogen (secondary N) is 2. The summed E-state index contributed by atoms with van der Waals surface area (Å²) < 4.78 is 21.5. The molecule has 13 heteroatoms. The van der Waals surface area contributed by atoms with Gasteiger partial charge >= 0.3 is 0 Å². The van der Waals surface area contributed by atoms with Gasteiger partial charge in [0, 0.05) is 61.9 Å². The Bertz CT molecular complexity index is 1690. The molecule has 0 radical (unpaired) electrons. The van der Waals surface area contributed by atoms with Crippen molar-refractivity contribution in [2.45, 2.75) is 25.2 Å². The second-order valence-electron chi connectivity index (χ2n) is 10.7. The highest BCUT2D eigenvalue weighted by Crippen LogP contribution is 2.33. The molecule has 2 aromatic heterocycles. The first kappa shape index (κ1) is 28.5. The first-order chi connectivity index (χ1) is 20.7. The zero-order chi connectivity index (χ0) is 30.2. The highest BCUT2D eigenvalue weighted by molar-refractivity contribution is 5.96. The maximum Gasteiger partial charge on any atom is 0.254 e. The molecule has 4 aromatic rings. The fraction of sp³-hybridized carbons (Fsp3) is 0.333. The van der Waals surface area contributed by atoms with Gasteiger partial charge in [-0.2, -0.15) is 0 Å². The molecule has 0 unspecified atom stereocenters. The average molecular weight is 590 g/mol. The van der Waals surface area contributed by atoms with Crippen LogP contribution in [-0.2, 0) is 4.79 Å². The largest absolute Gasteiger partial charge is 0.494 e. The highest BCUT2D eigenvalue weighted by atomic mass is 19.1. The fourth-order valence-electron chi connectivity index (χ4n) is 5.64. The van der Waals surface area contributed by atoms with Gasteiger partial charge in [0.1, 0.15) is 12.1 Å². The molecule has 4 N–H and O–H groups in total. The Hall–Kier alpha value is -4.59. The van der Waals surface area contributed by atoms with E-state index in [2.05, 4.69) is 20.6 Å². The van der Waals surface area contributed by atoms with E-state index >= 15 is 0 Å². The van der Waals surface area contributed by atoms with Gasteiger partial charge in [-0.1, -0.05) is 0 Å². The normalized spacial score (nSPS) is 20.4. The molecule has 2 amide bonds. The van der Waals surface area contributed by atoms with Crippen molar-refractivity contribution >= 4 is 29.0 Å². The van der Waals surface area contributed by atoms with Crippen LogP contribution in [0.15, 0.2) is 55.0 Å². The zero-order valence-electron chi connectivity index (χ0n) is 23.7. The standard InChI is InChI=1S/C30H32FN7O5/c1-17-13-19(34-28-26(38-8-7-32-16-24(38)35-28)18-3-6-23(43-2)21(31)14-18)4-5-20(17)29(41)36-9-11-37(12-10-36)30(42)25-27(40)22(39)15-33-25/h3-8,13-14,16,22,25,27,33-34,39-40H,9-12,15H2,1-2H3/t22-,25-,27-/m0/s1. The number of hydrogen-bond acceptors (Lipinski definition) is 9. The molecule has 43 heavy (non-hydrogen) atoms. The summed E-state index contributed by atoms with van der Waals surface area (Å²) >= 11 is 0. The molecule has 2 saturated heterocycles. The van der Waals surface area contributed by atoms with Gasteiger partial charge in [-0.15, -0.1) is 0 Å². The van der Waals surface area contributed by atoms with Crippen LogP contribution in [0.4, 0.5) is 15.9 Å². The van der Waals surface area contributed by atoms with Crippen molar-refractivity contribution in [2.75, 3.05) is 45.2 Å². The minimum atomic E-state index is -1.15. The first-order valence-electron chi connectivity index (χ1n) is 14.0. The number of methoxy groups -OCH3 is 1. The van der Waals surface area contributed by atoms with Crippen molar-refractivity contribution < 1.29 is 28.9 Å². The van der Waals surface area contributed by atoms with E-state index in [0.717, 1.165) is 5.56 Å². The van der Waals surface area contributed by atoms with Crippen LogP contribution in [0.1, 0.15) is 15.9 Å². The molecule has 0 saturated carbocycles. The Balaban J connectivity index is 1.18. The summed E-state index contributed by atoms with van der Waals surface area (Å²) in [6.45, 7) is 3.39. The number of carbonyl (C=O) groups is 2. The lowest BCUT2D eigenvalue weighted by molar-refractivity contribution is -0.137. The molecule has 0 aliphatic carbocycles. The van der Waals surface area contributed by atoms with Gasteiger partial charge < -0.3 is 35.4 Å². The number of rotatable bonds is 6. The molecule has 2 aliphatic rings. The molecule has 224 valence electrons. The summed E-state index contributed by atoms with van der Waals surface area (Å²) in [6.07, 6.45) is 2.87. The number of hydrogen-bond donors (Lipinski definition) is 4. The van der Waals surface area contributed by atoms with Crippen molar-refractivity contribution in [3.05, 3.63) is 71.9 Å². The average Bonchev–Trinajstić information content (AvgIpc) is 3.55. The molecule has 12 nitrogen and oxygen atoms in total. The number of aliphatic hydroxyl groups is 2. The van der Waals surface area contributed by atoms with Gasteiger partial charge in [-0.25, -0.2) is 9.37 Å². The predicted molar refractivity (Wildman–Crippen MR) is 156 cm³/mol. The minimum absolute atomic E-state index is 0.140. The van der Waals surface area contributed by atoms with Crippen LogP contribution in [-0.4, -0.2) is 104 Å². The Morgan fingerprint density at radius 1 is 1.09 bits per heavy atom. The fourth-order valence-corrected chi connectivity index (χ4v) is 5.64. The maximum absolute atomic E-state index is 14.6. The van der Waals surface area contributed by atoms with Crippen molar-refractivity contribution in [1.82, 2.24) is 29.5 Å². The van der Waals surface area contributed by atoms with Crippen molar-refractivity contribution in [3.63, 3.8) is 0 Å². The third-order valence-electron chi connectivity index (χ3n) is 8.00. The summed E-state index contributed by atoms with van der Waals surface area (Å²) in [5, 5.41) is 26.0. The number of aromatic nitrogens is 3. The second-order valence-corrected chi connectivity index (χ2v) is 10.7. The summed E-state index contributed by atoms with van der Waals surface area (Å²) in [5.41, 5.74) is 3.79. The third-order valence-corrected chi connectivity index (χ3v) is 8.00. The molecule has 0 spiro atoms. The van der Waals surface area contributed by atoms with Gasteiger partial charge in [0.2, 0.25) is 5.91 Å². The number of piperazine rings is 1. The van der Waals surface area contributed by atoms with Crippen LogP contribution in [0, 0.1) is 12.7 Å². The number of ether oxygens (including phenoxy) is 1. The molecule has 0 bridgehead atoms. The Morgan fingerprint density at radius 2 is 1.86 bits per heavy atom. The monoisotopic (exact) mass is 589 g/mol. The van der Waals surface area contributed by atoms with Gasteiger partial charge in [-0.05, 0) is 48.9 Å². The lowest BCUT2D eigenvalue weighted by Crippen LogP contribution is -2.56. The van der Waals surface area contributed by atoms with E-state index in [1.54, 1.807) is 52.7 Å². The Morgan fingerprint density at radius 3 is 2.53 bits per heavy atom. The molecular weight excluding hydrogens is 557 g/mol. The van der Waals surface area contributed by atoms with Gasteiger partial charge in [-0.3, -0.25) is 19.0 Å². The van der Waals surface area contributed by atoms with E-state index in [4.69, 9.17) is 4.74 Å². The first-order valence-corrected chi connectivity index (χ1v) is 14.0. The van der Waals surface area contributed by atoms with Gasteiger partial charge in [0.25, 0.3) is 5.91 Å².